The summed E-state index contributed by atoms with van der Waals surface area (Å²) in [4.78, 5) is 23.6. The van der Waals surface area contributed by atoms with Gasteiger partial charge in [-0.1, -0.05) is 69.3 Å². The fraction of sp³-hybridized carbons (Fsp3) is 0.348. The quantitative estimate of drug-likeness (QED) is 0.227. The Kier molecular flexibility index (Phi) is 7.93. The smallest absolute Gasteiger partial charge is 0.189 e. The van der Waals surface area contributed by atoms with E-state index in [1.54, 1.807) is 24.3 Å². The van der Waals surface area contributed by atoms with E-state index in [2.05, 4.69) is 5.29 Å². The first-order chi connectivity index (χ1) is 13.4. The van der Waals surface area contributed by atoms with Crippen LogP contribution in [0.25, 0.3) is 6.08 Å². The molecule has 0 heterocycles. The maximum atomic E-state index is 12.6. The number of carbonyl (C=O) groups excluding carboxylic acids is 1. The van der Waals surface area contributed by atoms with Gasteiger partial charge in [0.05, 0.1) is 17.5 Å². The van der Waals surface area contributed by atoms with Crippen LogP contribution in [0, 0.1) is 10.3 Å². The predicted octanol–water partition coefficient (Wildman–Crippen LogP) is 5.38. The summed E-state index contributed by atoms with van der Waals surface area (Å²) >= 11 is 0. The number of nitroso groups, excluding NO2 is 1. The van der Waals surface area contributed by atoms with Crippen molar-refractivity contribution in [1.82, 2.24) is 5.01 Å². The lowest BCUT2D eigenvalue weighted by molar-refractivity contribution is 0.102. The third-order valence-electron chi connectivity index (χ3n) is 4.21. The lowest BCUT2D eigenvalue weighted by Gasteiger charge is -2.29. The minimum Gasteiger partial charge on any atom is -0.492 e. The molecule has 0 unspecified atom stereocenters. The molecule has 0 radical (unpaired) electrons. The van der Waals surface area contributed by atoms with Gasteiger partial charge in [0.15, 0.2) is 5.78 Å². The molecule has 0 amide bonds. The molecule has 0 aliphatic heterocycles. The second-order valence-electron chi connectivity index (χ2n) is 7.53. The Hall–Kier alpha value is -2.95. The Labute approximate surface area is 167 Å². The van der Waals surface area contributed by atoms with Gasteiger partial charge in [-0.15, -0.1) is 4.91 Å². The van der Waals surface area contributed by atoms with Crippen molar-refractivity contribution in [2.75, 3.05) is 19.7 Å². The van der Waals surface area contributed by atoms with Crippen LogP contribution in [0.5, 0.6) is 5.75 Å². The van der Waals surface area contributed by atoms with E-state index in [4.69, 9.17) is 4.74 Å². The highest BCUT2D eigenvalue weighted by Crippen LogP contribution is 2.24. The number of carbonyl (C=O) groups is 1. The third-order valence-corrected chi connectivity index (χ3v) is 4.21. The van der Waals surface area contributed by atoms with Gasteiger partial charge in [-0.2, -0.15) is 0 Å². The molecule has 0 saturated heterocycles. The van der Waals surface area contributed by atoms with Gasteiger partial charge in [-0.05, 0) is 30.2 Å². The van der Waals surface area contributed by atoms with E-state index in [-0.39, 0.29) is 11.2 Å². The van der Waals surface area contributed by atoms with E-state index in [1.807, 2.05) is 63.2 Å². The average Bonchev–Trinajstić information content (AvgIpc) is 2.71. The van der Waals surface area contributed by atoms with E-state index in [0.717, 1.165) is 12.0 Å². The number of hydrogen-bond donors (Lipinski definition) is 0. The predicted molar refractivity (Wildman–Crippen MR) is 113 cm³/mol. The highest BCUT2D eigenvalue weighted by Gasteiger charge is 2.24. The molecule has 0 spiro atoms. The molecular weight excluding hydrogens is 352 g/mol. The van der Waals surface area contributed by atoms with E-state index >= 15 is 0 Å². The Bertz CT molecular complexity index is 801. The molecule has 0 aromatic heterocycles. The lowest BCUT2D eigenvalue weighted by Crippen LogP contribution is -2.35. The van der Waals surface area contributed by atoms with Gasteiger partial charge in [-0.3, -0.25) is 9.80 Å². The van der Waals surface area contributed by atoms with Crippen LogP contribution >= 0.6 is 0 Å². The standard InChI is InChI=1S/C23H28N2O3/c1-4-16-25(24-27)17-23(2,3)18-28-22-13-9-8-12-20(22)21(26)15-14-19-10-6-5-7-11-19/h5-15H,4,16-18H2,1-3H3/b15-14+. The van der Waals surface area contributed by atoms with Crippen molar-refractivity contribution >= 4 is 11.9 Å². The summed E-state index contributed by atoms with van der Waals surface area (Å²) in [6.07, 6.45) is 4.21. The number of benzene rings is 2. The third kappa shape index (κ3) is 6.65. The maximum Gasteiger partial charge on any atom is 0.189 e. The molecule has 2 aromatic carbocycles. The Morgan fingerprint density at radius 1 is 1.11 bits per heavy atom. The van der Waals surface area contributed by atoms with Crippen LogP contribution in [-0.4, -0.2) is 30.5 Å². The molecule has 2 rings (SSSR count). The van der Waals surface area contributed by atoms with Crippen LogP contribution in [0.2, 0.25) is 0 Å². The minimum absolute atomic E-state index is 0.112. The van der Waals surface area contributed by atoms with Crippen LogP contribution in [0.4, 0.5) is 0 Å². The molecule has 0 aliphatic carbocycles. The second-order valence-corrected chi connectivity index (χ2v) is 7.53. The minimum atomic E-state index is -0.293. The maximum absolute atomic E-state index is 12.6. The number of ketones is 1. The molecule has 5 heteroatoms. The Balaban J connectivity index is 2.06. The molecule has 2 aromatic rings. The van der Waals surface area contributed by atoms with Gasteiger partial charge in [0.25, 0.3) is 0 Å². The van der Waals surface area contributed by atoms with Crippen LogP contribution in [-0.2, 0) is 0 Å². The fourth-order valence-electron chi connectivity index (χ4n) is 2.84. The molecular formula is C23H28N2O3. The van der Waals surface area contributed by atoms with E-state index in [0.29, 0.717) is 31.0 Å². The van der Waals surface area contributed by atoms with Crippen LogP contribution < -0.4 is 4.74 Å². The summed E-state index contributed by atoms with van der Waals surface area (Å²) in [5.74, 6) is 0.429. The molecule has 0 aliphatic rings. The van der Waals surface area contributed by atoms with Gasteiger partial charge in [-0.25, -0.2) is 0 Å². The van der Waals surface area contributed by atoms with Crippen molar-refractivity contribution in [2.24, 2.45) is 10.7 Å². The fourth-order valence-corrected chi connectivity index (χ4v) is 2.84. The summed E-state index contributed by atoms with van der Waals surface area (Å²) in [7, 11) is 0. The van der Waals surface area contributed by atoms with Crippen molar-refractivity contribution < 1.29 is 9.53 Å². The number of hydrogen-bond acceptors (Lipinski definition) is 4. The van der Waals surface area contributed by atoms with Gasteiger partial charge in [0.1, 0.15) is 5.75 Å². The number of rotatable bonds is 11. The van der Waals surface area contributed by atoms with Crippen molar-refractivity contribution in [1.29, 1.82) is 0 Å². The summed E-state index contributed by atoms with van der Waals surface area (Å²) in [5, 5.41) is 4.60. The van der Waals surface area contributed by atoms with Crippen LogP contribution in [0.15, 0.2) is 66.0 Å². The molecule has 0 atom stereocenters. The van der Waals surface area contributed by atoms with Gasteiger partial charge in [0.2, 0.25) is 0 Å². The number of allylic oxidation sites excluding steroid dienone is 1. The monoisotopic (exact) mass is 380 g/mol. The molecule has 0 saturated carbocycles. The van der Waals surface area contributed by atoms with Gasteiger partial charge < -0.3 is 4.74 Å². The van der Waals surface area contributed by atoms with E-state index < -0.39 is 0 Å². The molecule has 148 valence electrons. The normalized spacial score (nSPS) is 11.4. The average molecular weight is 380 g/mol. The highest BCUT2D eigenvalue weighted by atomic mass is 16.5. The van der Waals surface area contributed by atoms with Crippen molar-refractivity contribution in [3.05, 3.63) is 76.7 Å². The molecule has 0 fully saturated rings. The van der Waals surface area contributed by atoms with E-state index in [9.17, 15) is 9.70 Å². The van der Waals surface area contributed by atoms with Crippen LogP contribution in [0.1, 0.15) is 43.1 Å². The first-order valence-corrected chi connectivity index (χ1v) is 9.52. The first-order valence-electron chi connectivity index (χ1n) is 9.52. The number of para-hydroxylation sites is 1. The SMILES string of the molecule is CCCN(CC(C)(C)COc1ccccc1C(=O)/C=C/c1ccccc1)N=O. The van der Waals surface area contributed by atoms with Crippen LogP contribution in [0.3, 0.4) is 0 Å². The molecule has 5 nitrogen and oxygen atoms in total. The first kappa shape index (κ1) is 21.4. The Morgan fingerprint density at radius 3 is 2.46 bits per heavy atom. The summed E-state index contributed by atoms with van der Waals surface area (Å²) in [6, 6.07) is 16.9. The summed E-state index contributed by atoms with van der Waals surface area (Å²) in [6.45, 7) is 7.52. The van der Waals surface area contributed by atoms with E-state index in [1.165, 1.54) is 5.01 Å². The van der Waals surface area contributed by atoms with Gasteiger partial charge in [0, 0.05) is 18.5 Å². The topological polar surface area (TPSA) is 59.0 Å². The zero-order chi connectivity index (χ0) is 20.4. The molecule has 0 bridgehead atoms. The van der Waals surface area contributed by atoms with Crippen molar-refractivity contribution in [3.63, 3.8) is 0 Å². The molecule has 28 heavy (non-hydrogen) atoms. The number of ether oxygens (including phenoxy) is 1. The summed E-state index contributed by atoms with van der Waals surface area (Å²) in [5.41, 5.74) is 1.19. The molecule has 0 N–H and O–H groups in total. The second kappa shape index (κ2) is 10.4. The number of nitrogens with zero attached hydrogens (tertiary/aromatic N) is 2. The Morgan fingerprint density at radius 2 is 1.79 bits per heavy atom. The largest absolute Gasteiger partial charge is 0.492 e. The van der Waals surface area contributed by atoms with Crippen molar-refractivity contribution in [3.8, 4) is 5.75 Å². The zero-order valence-electron chi connectivity index (χ0n) is 16.8. The highest BCUT2D eigenvalue weighted by molar-refractivity contribution is 6.08. The summed E-state index contributed by atoms with van der Waals surface area (Å²) < 4.78 is 5.97. The van der Waals surface area contributed by atoms with Crippen molar-refractivity contribution in [2.45, 2.75) is 27.2 Å². The lowest BCUT2D eigenvalue weighted by atomic mass is 9.94. The van der Waals surface area contributed by atoms with Gasteiger partial charge >= 0.3 is 0 Å². The zero-order valence-corrected chi connectivity index (χ0v) is 16.8.